The van der Waals surface area contributed by atoms with Crippen LogP contribution in [0.5, 0.6) is 0 Å². The number of thiophene rings is 1. The molecule has 0 saturated heterocycles. The first kappa shape index (κ1) is 28.7. The molecule has 9 aromatic rings. The van der Waals surface area contributed by atoms with Gasteiger partial charge < -0.3 is 9.73 Å². The summed E-state index contributed by atoms with van der Waals surface area (Å²) in [7, 11) is 0. The molecule has 1 atom stereocenters. The number of furan rings is 1. The molecule has 0 radical (unpaired) electrons. The Morgan fingerprint density at radius 1 is 0.440 bits per heavy atom. The van der Waals surface area contributed by atoms with E-state index in [1.54, 1.807) is 0 Å². The Morgan fingerprint density at radius 2 is 1.02 bits per heavy atom. The number of hydrogen-bond donors (Lipinski definition) is 1. The van der Waals surface area contributed by atoms with Crippen LogP contribution in [0.15, 0.2) is 178 Å². The average molecular weight is 660 g/mol. The molecule has 5 heteroatoms. The Labute approximate surface area is 292 Å². The van der Waals surface area contributed by atoms with Crippen molar-refractivity contribution < 1.29 is 4.42 Å². The van der Waals surface area contributed by atoms with E-state index >= 15 is 0 Å². The van der Waals surface area contributed by atoms with Crippen LogP contribution in [0.4, 0.5) is 0 Å². The zero-order chi connectivity index (χ0) is 33.0. The van der Waals surface area contributed by atoms with E-state index in [0.29, 0.717) is 0 Å². The fourth-order valence-electron chi connectivity index (χ4n) is 7.09. The monoisotopic (exact) mass is 659 g/mol. The highest BCUT2D eigenvalue weighted by molar-refractivity contribution is 7.25. The topological polar surface area (TPSA) is 49.9 Å². The van der Waals surface area contributed by atoms with Gasteiger partial charge in [0.05, 0.1) is 0 Å². The maximum absolute atomic E-state index is 6.55. The van der Waals surface area contributed by atoms with Crippen LogP contribution in [0.3, 0.4) is 0 Å². The number of rotatable bonds is 5. The number of benzene rings is 7. The second kappa shape index (κ2) is 11.7. The number of aliphatic imine (C=N–C) groups is 2. The first-order chi connectivity index (χ1) is 24.7. The van der Waals surface area contributed by atoms with Gasteiger partial charge in [0.1, 0.15) is 22.8 Å². The lowest BCUT2D eigenvalue weighted by atomic mass is 9.96. The molecule has 2 aromatic heterocycles. The van der Waals surface area contributed by atoms with Crippen molar-refractivity contribution in [2.75, 3.05) is 0 Å². The second-order valence-corrected chi connectivity index (χ2v) is 13.7. The van der Waals surface area contributed by atoms with Crippen LogP contribution < -0.4 is 5.32 Å². The summed E-state index contributed by atoms with van der Waals surface area (Å²) in [5, 5.41) is 8.25. The molecule has 7 aromatic carbocycles. The fourth-order valence-corrected chi connectivity index (χ4v) is 8.24. The van der Waals surface area contributed by atoms with Gasteiger partial charge in [0.25, 0.3) is 0 Å². The van der Waals surface area contributed by atoms with Crippen LogP contribution in [-0.4, -0.2) is 11.7 Å². The van der Waals surface area contributed by atoms with Gasteiger partial charge in [-0.3, -0.25) is 0 Å². The van der Waals surface area contributed by atoms with Crippen LogP contribution in [0.25, 0.3) is 64.4 Å². The molecule has 10 rings (SSSR count). The predicted molar refractivity (Wildman–Crippen MR) is 209 cm³/mol. The molecule has 0 spiro atoms. The highest BCUT2D eigenvalue weighted by Gasteiger charge is 2.25. The van der Waals surface area contributed by atoms with E-state index in [-0.39, 0.29) is 0 Å². The molecular weight excluding hydrogens is 631 g/mol. The van der Waals surface area contributed by atoms with E-state index in [1.807, 2.05) is 47.7 Å². The molecule has 4 nitrogen and oxygen atoms in total. The highest BCUT2D eigenvalue weighted by atomic mass is 32.1. The third-order valence-corrected chi connectivity index (χ3v) is 10.7. The van der Waals surface area contributed by atoms with Crippen molar-refractivity contribution in [1.29, 1.82) is 0 Å². The second-order valence-electron chi connectivity index (χ2n) is 12.6. The highest BCUT2D eigenvalue weighted by Crippen LogP contribution is 2.42. The molecule has 1 unspecified atom stereocenters. The molecule has 0 amide bonds. The molecule has 236 valence electrons. The molecule has 0 aliphatic carbocycles. The number of fused-ring (bicyclic) bond motifs is 6. The third-order valence-electron chi connectivity index (χ3n) is 9.55. The Kier molecular flexibility index (Phi) is 6.71. The molecule has 1 aliphatic rings. The minimum Gasteiger partial charge on any atom is -0.456 e. The average Bonchev–Trinajstić information content (AvgIpc) is 3.76. The summed E-state index contributed by atoms with van der Waals surface area (Å²) >= 11 is 1.83. The van der Waals surface area contributed by atoms with Crippen LogP contribution in [0.1, 0.15) is 22.9 Å². The minimum absolute atomic E-state index is 0.508. The number of hydrogen-bond acceptors (Lipinski definition) is 5. The number of para-hydroxylation sites is 1. The van der Waals surface area contributed by atoms with Crippen LogP contribution in [0.2, 0.25) is 0 Å². The molecule has 50 heavy (non-hydrogen) atoms. The number of nitrogens with zero attached hydrogens (tertiary/aromatic N) is 2. The van der Waals surface area contributed by atoms with Crippen LogP contribution in [-0.2, 0) is 0 Å². The summed E-state index contributed by atoms with van der Waals surface area (Å²) in [6, 6.07) is 57.4. The van der Waals surface area contributed by atoms with Gasteiger partial charge in [0, 0.05) is 47.6 Å². The lowest BCUT2D eigenvalue weighted by Crippen LogP contribution is -2.36. The maximum Gasteiger partial charge on any atom is 0.170 e. The zero-order valence-electron chi connectivity index (χ0n) is 26.9. The van der Waals surface area contributed by atoms with Gasteiger partial charge in [-0.15, -0.1) is 11.3 Å². The van der Waals surface area contributed by atoms with E-state index in [1.165, 1.54) is 25.7 Å². The van der Waals surface area contributed by atoms with E-state index in [4.69, 9.17) is 14.4 Å². The summed E-state index contributed by atoms with van der Waals surface area (Å²) in [4.78, 5) is 10.6. The molecule has 0 fully saturated rings. The van der Waals surface area contributed by atoms with Gasteiger partial charge in [0.15, 0.2) is 6.17 Å². The van der Waals surface area contributed by atoms with Gasteiger partial charge in [-0.1, -0.05) is 133 Å². The first-order valence-electron chi connectivity index (χ1n) is 16.8. The zero-order valence-corrected chi connectivity index (χ0v) is 27.7. The minimum atomic E-state index is -0.508. The van der Waals surface area contributed by atoms with Gasteiger partial charge in [0.2, 0.25) is 0 Å². The predicted octanol–water partition coefficient (Wildman–Crippen LogP) is 11.8. The molecular formula is C45H29N3OS. The van der Waals surface area contributed by atoms with Gasteiger partial charge in [-0.25, -0.2) is 9.98 Å². The molecule has 1 N–H and O–H groups in total. The Bertz CT molecular complexity index is 2780. The van der Waals surface area contributed by atoms with Gasteiger partial charge >= 0.3 is 0 Å². The Morgan fingerprint density at radius 3 is 1.80 bits per heavy atom. The smallest absolute Gasteiger partial charge is 0.170 e. The van der Waals surface area contributed by atoms with Crippen molar-refractivity contribution in [3.05, 3.63) is 180 Å². The van der Waals surface area contributed by atoms with E-state index in [2.05, 4.69) is 133 Å². The molecule has 1 aliphatic heterocycles. The van der Waals surface area contributed by atoms with E-state index in [9.17, 15) is 0 Å². The Hall–Kier alpha value is -6.30. The first-order valence-corrected chi connectivity index (χ1v) is 17.6. The summed E-state index contributed by atoms with van der Waals surface area (Å²) in [6.07, 6.45) is -0.508. The quantitative estimate of drug-likeness (QED) is 0.200. The van der Waals surface area contributed by atoms with Gasteiger partial charge in [-0.2, -0.15) is 0 Å². The van der Waals surface area contributed by atoms with Gasteiger partial charge in [-0.05, 0) is 52.6 Å². The van der Waals surface area contributed by atoms with Crippen molar-refractivity contribution in [1.82, 2.24) is 5.32 Å². The molecule has 0 saturated carbocycles. The Balaban J connectivity index is 1.16. The summed E-state index contributed by atoms with van der Waals surface area (Å²) in [5.41, 5.74) is 9.24. The summed E-state index contributed by atoms with van der Waals surface area (Å²) in [6.45, 7) is 0. The standard InChI is InChI=1S/C45H29N3OS/c1-3-11-28(12-4-1)29-19-21-31(22-20-29)44-46-43(30-13-5-2-6-14-30)47-45(48-44)37-25-33(26-39-42(37)36-16-7-9-17-38(36)49-39)32-23-24-35-34-15-8-10-18-40(34)50-41(35)27-32/h1-27,45H,(H,46,47,48). The maximum atomic E-state index is 6.55. The third kappa shape index (κ3) is 4.90. The largest absolute Gasteiger partial charge is 0.456 e. The number of nitrogens with one attached hydrogen (secondary N) is 1. The fraction of sp³-hybridized carbons (Fsp3) is 0.0222. The van der Waals surface area contributed by atoms with Crippen molar-refractivity contribution in [2.24, 2.45) is 9.98 Å². The van der Waals surface area contributed by atoms with Crippen LogP contribution in [0, 0.1) is 0 Å². The van der Waals surface area contributed by atoms with Crippen molar-refractivity contribution in [3.8, 4) is 22.3 Å². The van der Waals surface area contributed by atoms with Crippen molar-refractivity contribution >= 4 is 65.1 Å². The lowest BCUT2D eigenvalue weighted by Gasteiger charge is -2.23. The number of amidine groups is 2. The van der Waals surface area contributed by atoms with Crippen molar-refractivity contribution in [3.63, 3.8) is 0 Å². The summed E-state index contributed by atoms with van der Waals surface area (Å²) in [5.74, 6) is 1.56. The van der Waals surface area contributed by atoms with Crippen molar-refractivity contribution in [2.45, 2.75) is 6.17 Å². The molecule has 3 heterocycles. The summed E-state index contributed by atoms with van der Waals surface area (Å²) < 4.78 is 9.11. The normalized spacial score (nSPS) is 14.6. The van der Waals surface area contributed by atoms with Crippen LogP contribution >= 0.6 is 11.3 Å². The SMILES string of the molecule is c1ccc(C2=NC(c3cc(-c4ccc5c(c4)sc4ccccc45)cc4oc5ccccc5c34)N=C(c3ccc(-c4ccccc4)cc3)N2)cc1. The molecule has 0 bridgehead atoms. The van der Waals surface area contributed by atoms with E-state index in [0.717, 1.165) is 67.0 Å². The van der Waals surface area contributed by atoms with E-state index < -0.39 is 6.17 Å². The lowest BCUT2D eigenvalue weighted by molar-refractivity contribution is 0.668.